The second-order valence-electron chi connectivity index (χ2n) is 3.61. The van der Waals surface area contributed by atoms with Crippen molar-refractivity contribution < 1.29 is 0 Å². The van der Waals surface area contributed by atoms with E-state index in [4.69, 9.17) is 0 Å². The summed E-state index contributed by atoms with van der Waals surface area (Å²) >= 11 is 0. The zero-order valence-electron chi connectivity index (χ0n) is 9.54. The molecular weight excluding hydrogens is 170 g/mol. The summed E-state index contributed by atoms with van der Waals surface area (Å²) in [5.74, 6) is 0. The molecule has 14 heavy (non-hydrogen) atoms. The lowest BCUT2D eigenvalue weighted by molar-refractivity contribution is 0.918. The van der Waals surface area contributed by atoms with E-state index in [1.165, 1.54) is 23.0 Å². The van der Waals surface area contributed by atoms with Crippen molar-refractivity contribution in [3.05, 3.63) is 36.0 Å². The molecule has 0 bridgehead atoms. The minimum Gasteiger partial charge on any atom is -0.348 e. The van der Waals surface area contributed by atoms with Crippen LogP contribution in [0.5, 0.6) is 0 Å². The number of hydrogen-bond acceptors (Lipinski definition) is 0. The number of benzene rings is 1. The van der Waals surface area contributed by atoms with Crippen LogP contribution in [0.4, 0.5) is 0 Å². The maximum atomic E-state index is 2.20. The molecule has 0 saturated heterocycles. The van der Waals surface area contributed by atoms with E-state index in [1.807, 2.05) is 0 Å². The lowest BCUT2D eigenvalue weighted by Crippen LogP contribution is -1.88. The van der Waals surface area contributed by atoms with E-state index in [2.05, 4.69) is 62.7 Å². The normalized spacial score (nSPS) is 9.71. The molecule has 1 heteroatoms. The molecule has 0 spiro atoms. The van der Waals surface area contributed by atoms with E-state index < -0.39 is 0 Å². The first kappa shape index (κ1) is 10.8. The Bertz CT molecular complexity index is 399. The molecule has 2 rings (SSSR count). The van der Waals surface area contributed by atoms with Crippen LogP contribution < -0.4 is 0 Å². The third-order valence-electron chi connectivity index (χ3n) is 2.19. The maximum absolute atomic E-state index is 2.20. The Hall–Kier alpha value is -1.24. The molecule has 0 atom stereocenters. The van der Waals surface area contributed by atoms with Gasteiger partial charge in [-0.25, -0.2) is 0 Å². The second kappa shape index (κ2) is 4.85. The third kappa shape index (κ3) is 2.16. The van der Waals surface area contributed by atoms with E-state index in [0.717, 1.165) is 0 Å². The topological polar surface area (TPSA) is 4.93 Å². The summed E-state index contributed by atoms with van der Waals surface area (Å²) < 4.78 is 2.20. The first-order valence-electron chi connectivity index (χ1n) is 5.21. The minimum absolute atomic E-state index is 1.25. The summed E-state index contributed by atoms with van der Waals surface area (Å²) in [5.41, 5.74) is 2.62. The van der Waals surface area contributed by atoms with Crippen LogP contribution in [-0.2, 0) is 7.05 Å². The lowest BCUT2D eigenvalue weighted by atomic mass is 10.2. The Labute approximate surface area is 86.4 Å². The van der Waals surface area contributed by atoms with Crippen molar-refractivity contribution in [3.8, 4) is 0 Å². The Morgan fingerprint density at radius 2 is 1.71 bits per heavy atom. The Kier molecular flexibility index (Phi) is 3.75. The SMILES string of the molecule is CCC.Cc1cc2ccccc2n1C. The van der Waals surface area contributed by atoms with Gasteiger partial charge < -0.3 is 4.57 Å². The van der Waals surface area contributed by atoms with Crippen LogP contribution in [-0.4, -0.2) is 4.57 Å². The number of aryl methyl sites for hydroxylation is 2. The standard InChI is InChI=1S/C10H11N.C3H8/c1-8-7-9-5-3-4-6-10(9)11(8)2;1-3-2/h3-7H,1-2H3;3H2,1-2H3. The highest BCUT2D eigenvalue weighted by atomic mass is 14.9. The van der Waals surface area contributed by atoms with Crippen molar-refractivity contribution >= 4 is 10.9 Å². The fourth-order valence-corrected chi connectivity index (χ4v) is 1.43. The third-order valence-corrected chi connectivity index (χ3v) is 2.19. The number of rotatable bonds is 0. The first-order chi connectivity index (χ1) is 6.70. The predicted octanol–water partition coefficient (Wildman–Crippen LogP) is 3.90. The molecule has 0 saturated carbocycles. The summed E-state index contributed by atoms with van der Waals surface area (Å²) in [6.07, 6.45) is 1.25. The first-order valence-corrected chi connectivity index (χ1v) is 5.21. The number of nitrogens with zero attached hydrogens (tertiary/aromatic N) is 1. The summed E-state index contributed by atoms with van der Waals surface area (Å²) in [6.45, 7) is 6.38. The molecule has 1 aromatic heterocycles. The highest BCUT2D eigenvalue weighted by Crippen LogP contribution is 2.16. The molecule has 0 amide bonds. The van der Waals surface area contributed by atoms with Crippen molar-refractivity contribution in [2.24, 2.45) is 7.05 Å². The van der Waals surface area contributed by atoms with E-state index in [-0.39, 0.29) is 0 Å². The lowest BCUT2D eigenvalue weighted by Gasteiger charge is -1.96. The second-order valence-corrected chi connectivity index (χ2v) is 3.61. The average Bonchev–Trinajstić information content (AvgIpc) is 2.45. The molecule has 0 aliphatic carbocycles. The van der Waals surface area contributed by atoms with Crippen LogP contribution in [0.3, 0.4) is 0 Å². The van der Waals surface area contributed by atoms with E-state index >= 15 is 0 Å². The van der Waals surface area contributed by atoms with Crippen LogP contribution >= 0.6 is 0 Å². The Balaban J connectivity index is 0.000000293. The smallest absolute Gasteiger partial charge is 0.0479 e. The molecule has 0 aliphatic heterocycles. The fourth-order valence-electron chi connectivity index (χ4n) is 1.43. The minimum atomic E-state index is 1.25. The summed E-state index contributed by atoms with van der Waals surface area (Å²) in [4.78, 5) is 0. The van der Waals surface area contributed by atoms with Crippen LogP contribution in [0, 0.1) is 6.92 Å². The summed E-state index contributed by atoms with van der Waals surface area (Å²) in [6, 6.07) is 10.6. The molecule has 0 fully saturated rings. The van der Waals surface area contributed by atoms with Gasteiger partial charge in [-0.1, -0.05) is 38.5 Å². The number of para-hydroxylation sites is 1. The largest absolute Gasteiger partial charge is 0.348 e. The highest BCUT2D eigenvalue weighted by Gasteiger charge is 1.98. The van der Waals surface area contributed by atoms with Gasteiger partial charge in [-0.15, -0.1) is 0 Å². The zero-order valence-corrected chi connectivity index (χ0v) is 9.54. The number of hydrogen-bond donors (Lipinski definition) is 0. The molecule has 76 valence electrons. The number of fused-ring (bicyclic) bond motifs is 1. The molecule has 1 heterocycles. The molecule has 0 unspecified atom stereocenters. The van der Waals surface area contributed by atoms with E-state index in [1.54, 1.807) is 0 Å². The van der Waals surface area contributed by atoms with Gasteiger partial charge in [0, 0.05) is 18.3 Å². The van der Waals surface area contributed by atoms with Crippen molar-refractivity contribution in [1.82, 2.24) is 4.57 Å². The van der Waals surface area contributed by atoms with Gasteiger partial charge in [-0.3, -0.25) is 0 Å². The molecular formula is C13H19N. The molecule has 0 radical (unpaired) electrons. The van der Waals surface area contributed by atoms with Crippen LogP contribution in [0.25, 0.3) is 10.9 Å². The maximum Gasteiger partial charge on any atom is 0.0479 e. The molecule has 1 nitrogen and oxygen atoms in total. The van der Waals surface area contributed by atoms with Gasteiger partial charge >= 0.3 is 0 Å². The Morgan fingerprint density at radius 1 is 1.14 bits per heavy atom. The molecule has 0 N–H and O–H groups in total. The van der Waals surface area contributed by atoms with Crippen LogP contribution in [0.1, 0.15) is 26.0 Å². The summed E-state index contributed by atoms with van der Waals surface area (Å²) in [5, 5.41) is 1.33. The molecule has 1 aromatic carbocycles. The van der Waals surface area contributed by atoms with E-state index in [0.29, 0.717) is 0 Å². The van der Waals surface area contributed by atoms with Gasteiger partial charge in [0.15, 0.2) is 0 Å². The van der Waals surface area contributed by atoms with Crippen molar-refractivity contribution in [2.45, 2.75) is 27.2 Å². The van der Waals surface area contributed by atoms with Crippen LogP contribution in [0.2, 0.25) is 0 Å². The Morgan fingerprint density at radius 3 is 2.29 bits per heavy atom. The predicted molar refractivity (Wildman–Crippen MR) is 63.6 cm³/mol. The quantitative estimate of drug-likeness (QED) is 0.592. The van der Waals surface area contributed by atoms with Gasteiger partial charge in [0.25, 0.3) is 0 Å². The van der Waals surface area contributed by atoms with Crippen molar-refractivity contribution in [2.75, 3.05) is 0 Å². The van der Waals surface area contributed by atoms with Crippen LogP contribution in [0.15, 0.2) is 30.3 Å². The van der Waals surface area contributed by atoms with Gasteiger partial charge in [0.05, 0.1) is 0 Å². The monoisotopic (exact) mass is 189 g/mol. The average molecular weight is 189 g/mol. The highest BCUT2D eigenvalue weighted by molar-refractivity contribution is 5.80. The zero-order chi connectivity index (χ0) is 10.6. The van der Waals surface area contributed by atoms with Gasteiger partial charge in [-0.2, -0.15) is 0 Å². The van der Waals surface area contributed by atoms with Gasteiger partial charge in [0.2, 0.25) is 0 Å². The van der Waals surface area contributed by atoms with Crippen molar-refractivity contribution in [3.63, 3.8) is 0 Å². The van der Waals surface area contributed by atoms with E-state index in [9.17, 15) is 0 Å². The number of aromatic nitrogens is 1. The molecule has 2 aromatic rings. The van der Waals surface area contributed by atoms with Gasteiger partial charge in [-0.05, 0) is 24.4 Å². The fraction of sp³-hybridized carbons (Fsp3) is 0.385. The summed E-state index contributed by atoms with van der Waals surface area (Å²) in [7, 11) is 2.09. The van der Waals surface area contributed by atoms with Gasteiger partial charge in [0.1, 0.15) is 0 Å². The molecule has 0 aliphatic rings. The van der Waals surface area contributed by atoms with Crippen molar-refractivity contribution in [1.29, 1.82) is 0 Å².